The highest BCUT2D eigenvalue weighted by atomic mass is 16.7. The van der Waals surface area contributed by atoms with Crippen LogP contribution in [-0.2, 0) is 4.79 Å². The van der Waals surface area contributed by atoms with Crippen molar-refractivity contribution in [2.45, 2.75) is 12.0 Å². The molecule has 0 fully saturated rings. The Kier molecular flexibility index (Phi) is 5.55. The van der Waals surface area contributed by atoms with Crippen LogP contribution < -0.4 is 23.7 Å². The summed E-state index contributed by atoms with van der Waals surface area (Å²) in [4.78, 5) is 12.4. The van der Waals surface area contributed by atoms with Crippen LogP contribution in [-0.4, -0.2) is 56.0 Å². The summed E-state index contributed by atoms with van der Waals surface area (Å²) in [5.74, 6) is -1.87. The van der Waals surface area contributed by atoms with Gasteiger partial charge in [-0.25, -0.2) is 0 Å². The molecule has 0 saturated heterocycles. The van der Waals surface area contributed by atoms with E-state index in [1.807, 2.05) is 0 Å². The van der Waals surface area contributed by atoms with Crippen LogP contribution in [0.3, 0.4) is 0 Å². The lowest BCUT2D eigenvalue weighted by Crippen LogP contribution is -2.40. The Morgan fingerprint density at radius 2 is 1.58 bits per heavy atom. The van der Waals surface area contributed by atoms with Crippen molar-refractivity contribution in [2.24, 2.45) is 11.8 Å². The van der Waals surface area contributed by atoms with Gasteiger partial charge >= 0.3 is 5.97 Å². The van der Waals surface area contributed by atoms with Gasteiger partial charge in [-0.3, -0.25) is 4.79 Å². The van der Waals surface area contributed by atoms with Crippen molar-refractivity contribution in [3.05, 3.63) is 41.0 Å². The monoisotopic (exact) mass is 432 g/mol. The van der Waals surface area contributed by atoms with Gasteiger partial charge in [0.25, 0.3) is 0 Å². The second-order valence-electron chi connectivity index (χ2n) is 7.43. The van der Waals surface area contributed by atoms with Crippen LogP contribution in [0.1, 0.15) is 28.7 Å². The first-order valence-corrected chi connectivity index (χ1v) is 9.70. The molecule has 2 aromatic carbocycles. The molecule has 0 unspecified atom stereocenters. The fourth-order valence-electron chi connectivity index (χ4n) is 4.57. The first-order chi connectivity index (χ1) is 14.9. The first kappa shape index (κ1) is 21.1. The van der Waals surface area contributed by atoms with Gasteiger partial charge in [0.1, 0.15) is 0 Å². The molecule has 0 radical (unpaired) electrons. The summed E-state index contributed by atoms with van der Waals surface area (Å²) in [6, 6.07) is 6.71. The zero-order chi connectivity index (χ0) is 22.3. The third-order valence-electron chi connectivity index (χ3n) is 6.00. The Balaban J connectivity index is 1.99. The van der Waals surface area contributed by atoms with Crippen LogP contribution in [0.25, 0.3) is 0 Å². The summed E-state index contributed by atoms with van der Waals surface area (Å²) in [6.45, 7) is -0.470. The number of carboxylic acids is 1. The van der Waals surface area contributed by atoms with E-state index in [0.29, 0.717) is 45.4 Å². The van der Waals surface area contributed by atoms with Gasteiger partial charge in [-0.05, 0) is 41.0 Å². The summed E-state index contributed by atoms with van der Waals surface area (Å²) in [6.07, 6.45) is -1.19. The number of fused-ring (bicyclic) bond motifs is 2. The molecule has 1 heterocycles. The quantitative estimate of drug-likeness (QED) is 0.628. The Morgan fingerprint density at radius 3 is 2.06 bits per heavy atom. The molecule has 0 saturated carbocycles. The van der Waals surface area contributed by atoms with Crippen LogP contribution in [0.4, 0.5) is 0 Å². The SMILES string of the molecule is COc1cc([C@H]2c3cc4c(cc3[C@H](O)[C@@H](CO)[C@H]2C(=O)O)OCO4)cc(OC)c1OC. The van der Waals surface area contributed by atoms with Gasteiger partial charge in [-0.2, -0.15) is 0 Å². The normalized spacial score (nSPS) is 23.8. The van der Waals surface area contributed by atoms with E-state index < -0.39 is 36.4 Å². The fraction of sp³-hybridized carbons (Fsp3) is 0.409. The number of aliphatic carboxylic acids is 1. The summed E-state index contributed by atoms with van der Waals surface area (Å²) in [7, 11) is 4.43. The number of benzene rings is 2. The smallest absolute Gasteiger partial charge is 0.307 e. The maximum atomic E-state index is 12.4. The number of hydrogen-bond donors (Lipinski definition) is 3. The minimum Gasteiger partial charge on any atom is -0.493 e. The number of ether oxygens (including phenoxy) is 5. The number of carboxylic acid groups (broad SMARTS) is 1. The molecular formula is C22H24O9. The Hall–Kier alpha value is -3.17. The molecule has 31 heavy (non-hydrogen) atoms. The van der Waals surface area contributed by atoms with Gasteiger partial charge in [0.05, 0.1) is 33.4 Å². The number of rotatable bonds is 6. The molecule has 1 aliphatic carbocycles. The van der Waals surface area contributed by atoms with E-state index in [2.05, 4.69) is 0 Å². The average Bonchev–Trinajstić information content (AvgIpc) is 3.24. The van der Waals surface area contributed by atoms with Gasteiger partial charge in [-0.15, -0.1) is 0 Å². The van der Waals surface area contributed by atoms with Crippen molar-refractivity contribution in [1.29, 1.82) is 0 Å². The molecule has 9 heteroatoms. The van der Waals surface area contributed by atoms with Crippen molar-refractivity contribution in [1.82, 2.24) is 0 Å². The minimum absolute atomic E-state index is 0.0367. The van der Waals surface area contributed by atoms with Gasteiger partial charge in [0.15, 0.2) is 23.0 Å². The van der Waals surface area contributed by atoms with E-state index in [1.54, 1.807) is 24.3 Å². The Bertz CT molecular complexity index is 978. The number of aliphatic hydroxyl groups is 2. The van der Waals surface area contributed by atoms with E-state index in [1.165, 1.54) is 21.3 Å². The van der Waals surface area contributed by atoms with E-state index in [9.17, 15) is 20.1 Å². The second-order valence-corrected chi connectivity index (χ2v) is 7.43. The zero-order valence-corrected chi connectivity index (χ0v) is 17.3. The minimum atomic E-state index is -1.19. The molecule has 0 amide bonds. The van der Waals surface area contributed by atoms with E-state index in [0.717, 1.165) is 0 Å². The fourth-order valence-corrected chi connectivity index (χ4v) is 4.57. The van der Waals surface area contributed by atoms with E-state index in [-0.39, 0.29) is 6.79 Å². The molecule has 4 rings (SSSR count). The van der Waals surface area contributed by atoms with Crippen LogP contribution in [0, 0.1) is 11.8 Å². The highest BCUT2D eigenvalue weighted by molar-refractivity contribution is 5.75. The first-order valence-electron chi connectivity index (χ1n) is 9.70. The average molecular weight is 432 g/mol. The van der Waals surface area contributed by atoms with Crippen LogP contribution >= 0.6 is 0 Å². The van der Waals surface area contributed by atoms with E-state index in [4.69, 9.17) is 23.7 Å². The summed E-state index contributed by atoms with van der Waals surface area (Å²) in [5, 5.41) is 31.0. The van der Waals surface area contributed by atoms with Gasteiger partial charge in [-0.1, -0.05) is 0 Å². The molecule has 0 bridgehead atoms. The zero-order valence-electron chi connectivity index (χ0n) is 17.3. The Labute approximate surface area is 178 Å². The van der Waals surface area contributed by atoms with Crippen molar-refractivity contribution in [3.8, 4) is 28.7 Å². The van der Waals surface area contributed by atoms with Crippen molar-refractivity contribution in [3.63, 3.8) is 0 Å². The van der Waals surface area contributed by atoms with Crippen molar-refractivity contribution >= 4 is 5.97 Å². The summed E-state index contributed by atoms with van der Waals surface area (Å²) in [5.41, 5.74) is 1.63. The second kappa shape index (κ2) is 8.16. The van der Waals surface area contributed by atoms with Crippen LogP contribution in [0.15, 0.2) is 24.3 Å². The molecule has 2 aliphatic rings. The van der Waals surface area contributed by atoms with Gasteiger partial charge in [0, 0.05) is 18.4 Å². The third-order valence-corrected chi connectivity index (χ3v) is 6.00. The molecular weight excluding hydrogens is 408 g/mol. The molecule has 0 aromatic heterocycles. The summed E-state index contributed by atoms with van der Waals surface area (Å²) >= 11 is 0. The van der Waals surface area contributed by atoms with Gasteiger partial charge < -0.3 is 39.0 Å². The van der Waals surface area contributed by atoms with E-state index >= 15 is 0 Å². The van der Waals surface area contributed by atoms with Crippen LogP contribution in [0.5, 0.6) is 28.7 Å². The lowest BCUT2D eigenvalue weighted by Gasteiger charge is -2.40. The summed E-state index contributed by atoms with van der Waals surface area (Å²) < 4.78 is 27.2. The molecule has 1 aliphatic heterocycles. The molecule has 2 aromatic rings. The molecule has 3 N–H and O–H groups in total. The number of aliphatic hydroxyl groups excluding tert-OH is 2. The molecule has 4 atom stereocenters. The Morgan fingerprint density at radius 1 is 1.00 bits per heavy atom. The third kappa shape index (κ3) is 3.30. The number of carbonyl (C=O) groups is 1. The largest absolute Gasteiger partial charge is 0.493 e. The van der Waals surface area contributed by atoms with Crippen molar-refractivity contribution in [2.75, 3.05) is 34.7 Å². The van der Waals surface area contributed by atoms with Gasteiger partial charge in [0.2, 0.25) is 12.5 Å². The standard InChI is InChI=1S/C22H24O9/c1-27-16-4-10(5-17(28-2)21(16)29-3)18-11-6-14-15(31-9-30-14)7-12(11)20(24)13(8-23)19(18)22(25)26/h4-7,13,18-20,23-24H,8-9H2,1-3H3,(H,25,26)/t13-,18-,19+,20-/m0/s1. The predicted molar refractivity (Wildman–Crippen MR) is 107 cm³/mol. The lowest BCUT2D eigenvalue weighted by molar-refractivity contribution is -0.148. The molecule has 166 valence electrons. The molecule has 0 spiro atoms. The highest BCUT2D eigenvalue weighted by Gasteiger charge is 2.47. The van der Waals surface area contributed by atoms with Crippen LogP contribution in [0.2, 0.25) is 0 Å². The lowest BCUT2D eigenvalue weighted by atomic mass is 9.65. The maximum absolute atomic E-state index is 12.4. The predicted octanol–water partition coefficient (Wildman–Crippen LogP) is 1.93. The highest BCUT2D eigenvalue weighted by Crippen LogP contribution is 2.53. The number of hydrogen-bond acceptors (Lipinski definition) is 8. The topological polar surface area (TPSA) is 124 Å². The number of methoxy groups -OCH3 is 3. The van der Waals surface area contributed by atoms with Crippen molar-refractivity contribution < 1.29 is 43.8 Å². The maximum Gasteiger partial charge on any atom is 0.307 e. The molecule has 9 nitrogen and oxygen atoms in total.